The van der Waals surface area contributed by atoms with E-state index in [-0.39, 0.29) is 11.7 Å². The fraction of sp³-hybridized carbons (Fsp3) is 0.500. The normalized spacial score (nSPS) is 12.5. The van der Waals surface area contributed by atoms with Crippen LogP contribution in [0, 0.1) is 12.8 Å². The molecule has 1 aromatic rings. The standard InChI is InChI=1S/C12H16BrNO4/c1-6(2)4-8(12(16)17)14-11(15)10-7(3)5-9(13)18-10/h5-6,8H,4H2,1-3H3,(H,14,15)(H,16,17). The third-order valence-corrected chi connectivity index (χ3v) is 2.80. The van der Waals surface area contributed by atoms with Gasteiger partial charge in [0, 0.05) is 5.56 Å². The van der Waals surface area contributed by atoms with Gasteiger partial charge >= 0.3 is 5.97 Å². The van der Waals surface area contributed by atoms with Crippen molar-refractivity contribution in [2.24, 2.45) is 5.92 Å². The molecule has 0 aliphatic heterocycles. The SMILES string of the molecule is Cc1cc(Br)oc1C(=O)NC(CC(C)C)C(=O)O. The average Bonchev–Trinajstić information content (AvgIpc) is 2.56. The summed E-state index contributed by atoms with van der Waals surface area (Å²) in [5.74, 6) is -1.24. The molecule has 0 aliphatic rings. The van der Waals surface area contributed by atoms with Crippen molar-refractivity contribution in [3.05, 3.63) is 22.1 Å². The van der Waals surface area contributed by atoms with Crippen LogP contribution in [0.1, 0.15) is 36.4 Å². The Bertz CT molecular complexity index is 453. The predicted octanol–water partition coefficient (Wildman–Crippen LogP) is 2.58. The van der Waals surface area contributed by atoms with Crippen LogP contribution in [-0.4, -0.2) is 23.0 Å². The van der Waals surface area contributed by atoms with Crippen LogP contribution in [0.4, 0.5) is 0 Å². The molecule has 0 aliphatic carbocycles. The molecule has 5 nitrogen and oxygen atoms in total. The van der Waals surface area contributed by atoms with Crippen molar-refractivity contribution in [1.29, 1.82) is 0 Å². The molecule has 0 bridgehead atoms. The number of nitrogens with one attached hydrogen (secondary N) is 1. The van der Waals surface area contributed by atoms with E-state index in [4.69, 9.17) is 9.52 Å². The lowest BCUT2D eigenvalue weighted by molar-refractivity contribution is -0.139. The van der Waals surface area contributed by atoms with E-state index in [0.717, 1.165) is 0 Å². The number of rotatable bonds is 5. The number of carbonyl (C=O) groups excluding carboxylic acids is 1. The maximum absolute atomic E-state index is 11.9. The first-order chi connectivity index (χ1) is 8.31. The summed E-state index contributed by atoms with van der Waals surface area (Å²) in [5.41, 5.74) is 0.660. The Labute approximate surface area is 114 Å². The lowest BCUT2D eigenvalue weighted by Crippen LogP contribution is -2.41. The number of carboxylic acid groups (broad SMARTS) is 1. The van der Waals surface area contributed by atoms with Gasteiger partial charge in [0.25, 0.3) is 5.91 Å². The van der Waals surface area contributed by atoms with Gasteiger partial charge in [-0.05, 0) is 41.3 Å². The Morgan fingerprint density at radius 3 is 2.50 bits per heavy atom. The molecule has 0 spiro atoms. The average molecular weight is 318 g/mol. The minimum atomic E-state index is -1.04. The molecule has 0 saturated carbocycles. The van der Waals surface area contributed by atoms with Gasteiger partial charge in [0.05, 0.1) is 0 Å². The summed E-state index contributed by atoms with van der Waals surface area (Å²) in [4.78, 5) is 22.9. The van der Waals surface area contributed by atoms with Crippen LogP contribution < -0.4 is 5.32 Å². The minimum absolute atomic E-state index is 0.136. The van der Waals surface area contributed by atoms with Crippen LogP contribution in [0.5, 0.6) is 0 Å². The molecule has 100 valence electrons. The fourth-order valence-corrected chi connectivity index (χ4v) is 2.09. The Kier molecular flexibility index (Phi) is 4.95. The van der Waals surface area contributed by atoms with Crippen molar-refractivity contribution in [1.82, 2.24) is 5.32 Å². The lowest BCUT2D eigenvalue weighted by atomic mass is 10.0. The molecule has 1 rings (SSSR count). The molecule has 1 atom stereocenters. The lowest BCUT2D eigenvalue weighted by Gasteiger charge is -2.15. The van der Waals surface area contributed by atoms with Crippen molar-refractivity contribution in [2.45, 2.75) is 33.2 Å². The van der Waals surface area contributed by atoms with E-state index in [2.05, 4.69) is 21.2 Å². The number of hydrogen-bond acceptors (Lipinski definition) is 3. The zero-order chi connectivity index (χ0) is 13.9. The highest BCUT2D eigenvalue weighted by Gasteiger charge is 2.24. The maximum Gasteiger partial charge on any atom is 0.326 e. The molecule has 1 unspecified atom stereocenters. The minimum Gasteiger partial charge on any atom is -0.480 e. The summed E-state index contributed by atoms with van der Waals surface area (Å²) < 4.78 is 5.62. The van der Waals surface area contributed by atoms with Crippen LogP contribution in [0.2, 0.25) is 0 Å². The summed E-state index contributed by atoms with van der Waals surface area (Å²) in [6.45, 7) is 5.52. The molecule has 2 N–H and O–H groups in total. The van der Waals surface area contributed by atoms with E-state index in [1.165, 1.54) is 0 Å². The molecule has 18 heavy (non-hydrogen) atoms. The molecule has 1 amide bonds. The molecule has 0 radical (unpaired) electrons. The Balaban J connectivity index is 2.78. The van der Waals surface area contributed by atoms with Crippen molar-refractivity contribution in [2.75, 3.05) is 0 Å². The molecular weight excluding hydrogens is 302 g/mol. The van der Waals surface area contributed by atoms with Crippen molar-refractivity contribution >= 4 is 27.8 Å². The van der Waals surface area contributed by atoms with Gasteiger partial charge in [-0.2, -0.15) is 0 Å². The molecule has 0 fully saturated rings. The Morgan fingerprint density at radius 1 is 1.50 bits per heavy atom. The van der Waals surface area contributed by atoms with E-state index in [1.807, 2.05) is 13.8 Å². The van der Waals surface area contributed by atoms with Gasteiger partial charge < -0.3 is 14.8 Å². The number of aliphatic carboxylic acids is 1. The van der Waals surface area contributed by atoms with Gasteiger partial charge in [0.15, 0.2) is 10.4 Å². The second-order valence-electron chi connectivity index (χ2n) is 4.56. The molecule has 0 aromatic carbocycles. The first-order valence-corrected chi connectivity index (χ1v) is 6.40. The van der Waals surface area contributed by atoms with E-state index in [0.29, 0.717) is 16.7 Å². The van der Waals surface area contributed by atoms with Crippen molar-refractivity contribution in [3.8, 4) is 0 Å². The molecule has 1 aromatic heterocycles. The first-order valence-electron chi connectivity index (χ1n) is 5.60. The summed E-state index contributed by atoms with van der Waals surface area (Å²) in [6, 6.07) is 0.758. The van der Waals surface area contributed by atoms with Crippen LogP contribution >= 0.6 is 15.9 Å². The van der Waals surface area contributed by atoms with Gasteiger partial charge in [0.2, 0.25) is 0 Å². The fourth-order valence-electron chi connectivity index (χ4n) is 1.59. The van der Waals surface area contributed by atoms with Gasteiger partial charge in [-0.25, -0.2) is 4.79 Å². The highest BCUT2D eigenvalue weighted by molar-refractivity contribution is 9.10. The predicted molar refractivity (Wildman–Crippen MR) is 69.5 cm³/mol. The summed E-state index contributed by atoms with van der Waals surface area (Å²) in [5, 5.41) is 11.5. The number of amides is 1. The molecule has 0 saturated heterocycles. The van der Waals surface area contributed by atoms with Crippen molar-refractivity contribution < 1.29 is 19.1 Å². The smallest absolute Gasteiger partial charge is 0.326 e. The molecular formula is C12H16BrNO4. The van der Waals surface area contributed by atoms with E-state index in [9.17, 15) is 9.59 Å². The zero-order valence-electron chi connectivity index (χ0n) is 10.5. The number of hydrogen-bond donors (Lipinski definition) is 2. The van der Waals surface area contributed by atoms with Crippen LogP contribution in [0.3, 0.4) is 0 Å². The van der Waals surface area contributed by atoms with Gasteiger partial charge in [-0.15, -0.1) is 0 Å². The third-order valence-electron chi connectivity index (χ3n) is 2.40. The monoisotopic (exact) mass is 317 g/mol. The van der Waals surface area contributed by atoms with Crippen LogP contribution in [0.15, 0.2) is 15.2 Å². The Hall–Kier alpha value is -1.30. The second kappa shape index (κ2) is 6.04. The second-order valence-corrected chi connectivity index (χ2v) is 5.34. The number of aryl methyl sites for hydroxylation is 1. The number of carboxylic acids is 1. The topological polar surface area (TPSA) is 79.5 Å². The molecule has 6 heteroatoms. The summed E-state index contributed by atoms with van der Waals surface area (Å²) >= 11 is 3.12. The zero-order valence-corrected chi connectivity index (χ0v) is 12.1. The number of halogens is 1. The van der Waals surface area contributed by atoms with Crippen LogP contribution in [-0.2, 0) is 4.79 Å². The van der Waals surface area contributed by atoms with E-state index >= 15 is 0 Å². The van der Waals surface area contributed by atoms with Gasteiger partial charge in [0.1, 0.15) is 6.04 Å². The highest BCUT2D eigenvalue weighted by Crippen LogP contribution is 2.19. The molecule has 1 heterocycles. The quantitative estimate of drug-likeness (QED) is 0.874. The van der Waals surface area contributed by atoms with Crippen LogP contribution in [0.25, 0.3) is 0 Å². The Morgan fingerprint density at radius 2 is 2.11 bits per heavy atom. The first kappa shape index (κ1) is 14.8. The summed E-state index contributed by atoms with van der Waals surface area (Å²) in [6.07, 6.45) is 0.377. The van der Waals surface area contributed by atoms with Gasteiger partial charge in [-0.1, -0.05) is 13.8 Å². The van der Waals surface area contributed by atoms with Gasteiger partial charge in [-0.3, -0.25) is 4.79 Å². The summed E-state index contributed by atoms with van der Waals surface area (Å²) in [7, 11) is 0. The van der Waals surface area contributed by atoms with Crippen molar-refractivity contribution in [3.63, 3.8) is 0 Å². The van der Waals surface area contributed by atoms with E-state index in [1.54, 1.807) is 13.0 Å². The number of furan rings is 1. The number of carbonyl (C=O) groups is 2. The van der Waals surface area contributed by atoms with E-state index < -0.39 is 17.9 Å². The maximum atomic E-state index is 11.9. The third kappa shape index (κ3) is 3.87. The highest BCUT2D eigenvalue weighted by atomic mass is 79.9. The largest absolute Gasteiger partial charge is 0.480 e.